The van der Waals surface area contributed by atoms with Crippen LogP contribution in [0.3, 0.4) is 0 Å². The van der Waals surface area contributed by atoms with Crippen LogP contribution in [0.5, 0.6) is 0 Å². The van der Waals surface area contributed by atoms with E-state index in [2.05, 4.69) is 15.7 Å². The summed E-state index contributed by atoms with van der Waals surface area (Å²) in [5.41, 5.74) is 0.0748. The molecule has 0 saturated carbocycles. The fourth-order valence-electron chi connectivity index (χ4n) is 2.38. The van der Waals surface area contributed by atoms with Gasteiger partial charge >= 0.3 is 12.0 Å². The minimum atomic E-state index is -1.27. The summed E-state index contributed by atoms with van der Waals surface area (Å²) in [6.45, 7) is 2.57. The lowest BCUT2D eigenvalue weighted by atomic mass is 9.90. The summed E-state index contributed by atoms with van der Waals surface area (Å²) in [6.07, 6.45) is 2.87. The molecule has 1 saturated heterocycles. The normalized spacial score (nSPS) is 17.2. The van der Waals surface area contributed by atoms with Gasteiger partial charge in [0.05, 0.1) is 11.4 Å². The van der Waals surface area contributed by atoms with Crippen molar-refractivity contribution < 1.29 is 19.4 Å². The van der Waals surface area contributed by atoms with Crippen LogP contribution in [0.2, 0.25) is 0 Å². The summed E-state index contributed by atoms with van der Waals surface area (Å²) in [6, 6.07) is -0.540. The largest absolute Gasteiger partial charge is 0.480 e. The van der Waals surface area contributed by atoms with Gasteiger partial charge in [-0.1, -0.05) is 6.92 Å². The molecule has 21 heavy (non-hydrogen) atoms. The van der Waals surface area contributed by atoms with Crippen molar-refractivity contribution in [1.82, 2.24) is 15.1 Å². The molecule has 2 amide bonds. The van der Waals surface area contributed by atoms with Gasteiger partial charge in [-0.2, -0.15) is 5.10 Å². The molecule has 0 unspecified atom stereocenters. The molecule has 2 heterocycles. The standard InChI is InChI=1S/C13H20N4O4/c1-3-9-10(8-17(2)16-9)14-12(20)15-13(11(18)19)4-6-21-7-5-13/h8H,3-7H2,1-2H3,(H,18,19)(H2,14,15,20). The monoisotopic (exact) mass is 296 g/mol. The average molecular weight is 296 g/mol. The molecule has 1 aromatic rings. The Balaban J connectivity index is 2.07. The third-order valence-corrected chi connectivity index (χ3v) is 3.60. The zero-order valence-electron chi connectivity index (χ0n) is 12.2. The van der Waals surface area contributed by atoms with Gasteiger partial charge in [0.15, 0.2) is 0 Å². The van der Waals surface area contributed by atoms with Crippen molar-refractivity contribution in [3.8, 4) is 0 Å². The van der Waals surface area contributed by atoms with Gasteiger partial charge in [0, 0.05) is 39.3 Å². The van der Waals surface area contributed by atoms with Gasteiger partial charge < -0.3 is 20.5 Å². The topological polar surface area (TPSA) is 105 Å². The van der Waals surface area contributed by atoms with E-state index < -0.39 is 17.5 Å². The molecule has 1 aliphatic rings. The Morgan fingerprint density at radius 3 is 2.71 bits per heavy atom. The number of anilines is 1. The number of hydrogen-bond donors (Lipinski definition) is 3. The van der Waals surface area contributed by atoms with Crippen molar-refractivity contribution in [3.63, 3.8) is 0 Å². The number of ether oxygens (including phenoxy) is 1. The zero-order valence-corrected chi connectivity index (χ0v) is 12.2. The quantitative estimate of drug-likeness (QED) is 0.760. The fraction of sp³-hybridized carbons (Fsp3) is 0.615. The zero-order chi connectivity index (χ0) is 15.5. The summed E-state index contributed by atoms with van der Waals surface area (Å²) in [5.74, 6) is -1.04. The number of hydrogen-bond acceptors (Lipinski definition) is 4. The van der Waals surface area contributed by atoms with Crippen LogP contribution in [-0.2, 0) is 23.0 Å². The van der Waals surface area contributed by atoms with Gasteiger partial charge in [-0.15, -0.1) is 0 Å². The number of urea groups is 1. The van der Waals surface area contributed by atoms with E-state index in [0.717, 1.165) is 5.69 Å². The van der Waals surface area contributed by atoms with E-state index in [4.69, 9.17) is 4.74 Å². The van der Waals surface area contributed by atoms with Gasteiger partial charge in [-0.05, 0) is 6.42 Å². The molecule has 116 valence electrons. The maximum atomic E-state index is 12.1. The lowest BCUT2D eigenvalue weighted by molar-refractivity contribution is -0.148. The summed E-state index contributed by atoms with van der Waals surface area (Å²) >= 11 is 0. The number of carbonyl (C=O) groups is 2. The van der Waals surface area contributed by atoms with Crippen LogP contribution in [0.4, 0.5) is 10.5 Å². The number of carboxylic acids is 1. The molecule has 0 aromatic carbocycles. The van der Waals surface area contributed by atoms with Crippen LogP contribution in [0, 0.1) is 0 Å². The molecule has 3 N–H and O–H groups in total. The number of carboxylic acid groups (broad SMARTS) is 1. The molecular formula is C13H20N4O4. The van der Waals surface area contributed by atoms with Gasteiger partial charge in [0.1, 0.15) is 5.54 Å². The molecule has 0 spiro atoms. The number of rotatable bonds is 4. The van der Waals surface area contributed by atoms with E-state index >= 15 is 0 Å². The van der Waals surface area contributed by atoms with Crippen molar-refractivity contribution in [2.75, 3.05) is 18.5 Å². The van der Waals surface area contributed by atoms with Gasteiger partial charge in [-0.3, -0.25) is 4.68 Å². The highest BCUT2D eigenvalue weighted by molar-refractivity contribution is 5.94. The third-order valence-electron chi connectivity index (χ3n) is 3.60. The van der Waals surface area contributed by atoms with Crippen molar-refractivity contribution in [1.29, 1.82) is 0 Å². The molecule has 0 atom stereocenters. The van der Waals surface area contributed by atoms with Gasteiger partial charge in [0.2, 0.25) is 0 Å². The molecule has 2 rings (SSSR count). The van der Waals surface area contributed by atoms with Gasteiger partial charge in [0.25, 0.3) is 0 Å². The number of nitrogens with zero attached hydrogens (tertiary/aromatic N) is 2. The second-order valence-electron chi connectivity index (χ2n) is 5.10. The van der Waals surface area contributed by atoms with Gasteiger partial charge in [-0.25, -0.2) is 9.59 Å². The molecule has 0 bridgehead atoms. The second kappa shape index (κ2) is 6.13. The molecule has 1 aromatic heterocycles. The highest BCUT2D eigenvalue weighted by atomic mass is 16.5. The van der Waals surface area contributed by atoms with E-state index in [-0.39, 0.29) is 12.8 Å². The lowest BCUT2D eigenvalue weighted by Crippen LogP contribution is -2.58. The number of aromatic nitrogens is 2. The van der Waals surface area contributed by atoms with Crippen molar-refractivity contribution in [3.05, 3.63) is 11.9 Å². The van der Waals surface area contributed by atoms with Crippen LogP contribution >= 0.6 is 0 Å². The molecule has 8 heteroatoms. The Morgan fingerprint density at radius 1 is 1.48 bits per heavy atom. The first kappa shape index (κ1) is 15.3. The Kier molecular flexibility index (Phi) is 4.46. The maximum Gasteiger partial charge on any atom is 0.329 e. The van der Waals surface area contributed by atoms with E-state index in [1.54, 1.807) is 17.9 Å². The summed E-state index contributed by atoms with van der Waals surface area (Å²) in [4.78, 5) is 23.6. The Labute approximate surface area is 122 Å². The van der Waals surface area contributed by atoms with Crippen LogP contribution in [0.1, 0.15) is 25.5 Å². The molecule has 0 aliphatic carbocycles. The summed E-state index contributed by atoms with van der Waals surface area (Å²) < 4.78 is 6.77. The summed E-state index contributed by atoms with van der Waals surface area (Å²) in [5, 5.41) is 18.9. The molecular weight excluding hydrogens is 276 g/mol. The number of carbonyl (C=O) groups excluding carboxylic acids is 1. The first-order chi connectivity index (χ1) is 9.97. The third kappa shape index (κ3) is 3.33. The lowest BCUT2D eigenvalue weighted by Gasteiger charge is -2.33. The van der Waals surface area contributed by atoms with Crippen LogP contribution in [0.25, 0.3) is 0 Å². The van der Waals surface area contributed by atoms with E-state index in [1.165, 1.54) is 0 Å². The molecule has 1 aliphatic heterocycles. The molecule has 8 nitrogen and oxygen atoms in total. The van der Waals surface area contributed by atoms with Crippen LogP contribution in [-0.4, -0.2) is 45.6 Å². The number of aryl methyl sites for hydroxylation is 2. The smallest absolute Gasteiger partial charge is 0.329 e. The number of aliphatic carboxylic acids is 1. The first-order valence-electron chi connectivity index (χ1n) is 6.89. The number of nitrogens with one attached hydrogen (secondary N) is 2. The highest BCUT2D eigenvalue weighted by Crippen LogP contribution is 2.22. The second-order valence-corrected chi connectivity index (χ2v) is 5.10. The predicted molar refractivity (Wildman–Crippen MR) is 75.2 cm³/mol. The summed E-state index contributed by atoms with van der Waals surface area (Å²) in [7, 11) is 1.76. The molecule has 0 radical (unpaired) electrons. The van der Waals surface area contributed by atoms with Crippen molar-refractivity contribution >= 4 is 17.7 Å². The van der Waals surface area contributed by atoms with E-state index in [9.17, 15) is 14.7 Å². The van der Waals surface area contributed by atoms with E-state index in [0.29, 0.717) is 25.3 Å². The Bertz CT molecular complexity index is 534. The van der Waals surface area contributed by atoms with Crippen molar-refractivity contribution in [2.45, 2.75) is 31.7 Å². The Hall–Kier alpha value is -2.09. The maximum absolute atomic E-state index is 12.1. The number of amides is 2. The SMILES string of the molecule is CCc1nn(C)cc1NC(=O)NC1(C(=O)O)CCOCC1. The minimum Gasteiger partial charge on any atom is -0.480 e. The average Bonchev–Trinajstić information content (AvgIpc) is 2.79. The highest BCUT2D eigenvalue weighted by Gasteiger charge is 2.41. The van der Waals surface area contributed by atoms with E-state index in [1.807, 2.05) is 6.92 Å². The Morgan fingerprint density at radius 2 is 2.14 bits per heavy atom. The predicted octanol–water partition coefficient (Wildman–Crippen LogP) is 0.738. The van der Waals surface area contributed by atoms with Crippen molar-refractivity contribution in [2.24, 2.45) is 7.05 Å². The van der Waals surface area contributed by atoms with Crippen LogP contribution in [0.15, 0.2) is 6.20 Å². The minimum absolute atomic E-state index is 0.253. The molecule has 1 fully saturated rings. The first-order valence-corrected chi connectivity index (χ1v) is 6.89. The van der Waals surface area contributed by atoms with Crippen LogP contribution < -0.4 is 10.6 Å². The fourth-order valence-corrected chi connectivity index (χ4v) is 2.38.